The van der Waals surface area contributed by atoms with E-state index >= 15 is 0 Å². The molecule has 13 N–H and O–H groups in total. The van der Waals surface area contributed by atoms with E-state index in [1.807, 2.05) is 0 Å². The fraction of sp³-hybridized carbons (Fsp3) is 0.812. The number of nitrogen functional groups attached to an aromatic ring is 1. The van der Waals surface area contributed by atoms with Gasteiger partial charge in [-0.05, 0) is 105 Å². The molecule has 32 heteroatoms. The highest BCUT2D eigenvalue weighted by molar-refractivity contribution is 8.13. The van der Waals surface area contributed by atoms with E-state index in [9.17, 15) is 78.0 Å². The van der Waals surface area contributed by atoms with Gasteiger partial charge in [0.2, 0.25) is 11.8 Å². The van der Waals surface area contributed by atoms with Crippen molar-refractivity contribution in [2.45, 2.75) is 155 Å². The average molecular weight is 1210 g/mol. The van der Waals surface area contributed by atoms with Crippen LogP contribution in [0.25, 0.3) is 11.2 Å². The highest BCUT2D eigenvalue weighted by Gasteiger charge is 2.66. The van der Waals surface area contributed by atoms with Gasteiger partial charge in [-0.25, -0.2) is 28.6 Å². The van der Waals surface area contributed by atoms with E-state index in [1.165, 1.54) is 13.8 Å². The van der Waals surface area contributed by atoms with E-state index in [0.717, 1.165) is 54.7 Å². The van der Waals surface area contributed by atoms with Crippen LogP contribution in [0.5, 0.6) is 0 Å². The Balaban J connectivity index is 0.780. The van der Waals surface area contributed by atoms with Crippen molar-refractivity contribution in [3.05, 3.63) is 12.7 Å². The van der Waals surface area contributed by atoms with Crippen molar-refractivity contribution >= 4 is 74.9 Å². The molecule has 1 saturated heterocycles. The summed E-state index contributed by atoms with van der Waals surface area (Å²) >= 11 is 0.908. The Kier molecular flexibility index (Phi) is 20.5. The summed E-state index contributed by atoms with van der Waals surface area (Å²) < 4.78 is 62.7. The number of rotatable bonds is 25. The smallest absolute Gasteiger partial charge is 0.393 e. The number of thioether (sulfide) groups is 1. The first-order valence-corrected chi connectivity index (χ1v) is 32.3. The number of Topliss-reactive ketones (excluding diaryl/α,β-unsaturated/α-hetero) is 1. The number of aliphatic hydroxyl groups excluding tert-OH is 5. The summed E-state index contributed by atoms with van der Waals surface area (Å²) in [4.78, 5) is 103. The Labute approximate surface area is 466 Å². The summed E-state index contributed by atoms with van der Waals surface area (Å²) in [6.45, 7) is 8.34. The molecule has 0 radical (unpaired) electrons. The fourth-order valence-electron chi connectivity index (χ4n) is 13.5. The van der Waals surface area contributed by atoms with Gasteiger partial charge in [0.1, 0.15) is 42.0 Å². The molecular formula is C48H78N7O21P3S. The lowest BCUT2D eigenvalue weighted by Crippen LogP contribution is -2.62. The largest absolute Gasteiger partial charge is 0.481 e. The van der Waals surface area contributed by atoms with E-state index in [2.05, 4.69) is 55.2 Å². The summed E-state index contributed by atoms with van der Waals surface area (Å²) in [5, 5.41) is 60.3. The van der Waals surface area contributed by atoms with E-state index in [-0.39, 0.29) is 107 Å². The molecule has 1 aliphatic heterocycles. The molecule has 4 unspecified atom stereocenters. The Morgan fingerprint density at radius 2 is 1.62 bits per heavy atom. The van der Waals surface area contributed by atoms with Crippen LogP contribution in [0.4, 0.5) is 5.82 Å². The Morgan fingerprint density at radius 1 is 0.925 bits per heavy atom. The number of fused-ring (bicyclic) bond motifs is 6. The van der Waals surface area contributed by atoms with Gasteiger partial charge in [-0.3, -0.25) is 37.3 Å². The third-order valence-electron chi connectivity index (χ3n) is 17.9. The minimum absolute atomic E-state index is 0.0179. The second kappa shape index (κ2) is 25.4. The second-order valence-electron chi connectivity index (χ2n) is 23.5. The van der Waals surface area contributed by atoms with Crippen molar-refractivity contribution in [1.29, 1.82) is 0 Å². The number of nitrogens with one attached hydrogen (secondary N) is 2. The number of ether oxygens (including phenoxy) is 1. The molecule has 19 atom stereocenters. The number of hydrogen-bond acceptors (Lipinski definition) is 22. The number of anilines is 1. The number of amides is 2. The van der Waals surface area contributed by atoms with Gasteiger partial charge >= 0.3 is 23.5 Å². The number of hydrogen-bond donors (Lipinski definition) is 12. The van der Waals surface area contributed by atoms with Gasteiger partial charge in [0, 0.05) is 37.1 Å². The maximum absolute atomic E-state index is 13.3. The van der Waals surface area contributed by atoms with E-state index in [0.29, 0.717) is 25.7 Å². The van der Waals surface area contributed by atoms with E-state index < -0.39 is 108 Å². The number of phosphoric acid groups is 3. The van der Waals surface area contributed by atoms with Crippen LogP contribution in [0.15, 0.2) is 12.7 Å². The molecule has 80 heavy (non-hydrogen) atoms. The molecule has 2 aromatic heterocycles. The first-order chi connectivity index (χ1) is 37.2. The van der Waals surface area contributed by atoms with Crippen molar-refractivity contribution in [2.75, 3.05) is 37.8 Å². The highest BCUT2D eigenvalue weighted by Crippen LogP contribution is 2.69. The fourth-order valence-corrected chi connectivity index (χ4v) is 17.1. The Morgan fingerprint density at radius 3 is 2.33 bits per heavy atom. The van der Waals surface area contributed by atoms with Crippen molar-refractivity contribution in [3.8, 4) is 0 Å². The van der Waals surface area contributed by atoms with E-state index in [4.69, 9.17) is 19.5 Å². The van der Waals surface area contributed by atoms with Gasteiger partial charge in [0.25, 0.3) is 0 Å². The zero-order valence-electron chi connectivity index (χ0n) is 45.5. The van der Waals surface area contributed by atoms with Crippen LogP contribution in [0.1, 0.15) is 112 Å². The van der Waals surface area contributed by atoms with Crippen LogP contribution < -0.4 is 16.4 Å². The highest BCUT2D eigenvalue weighted by atomic mass is 32.2. The maximum atomic E-state index is 13.3. The van der Waals surface area contributed by atoms with Crippen LogP contribution in [0, 0.1) is 57.7 Å². The van der Waals surface area contributed by atoms with Crippen molar-refractivity contribution in [1.82, 2.24) is 30.2 Å². The summed E-state index contributed by atoms with van der Waals surface area (Å²) in [5.74, 6) is -1.63. The van der Waals surface area contributed by atoms with Gasteiger partial charge in [0.05, 0.1) is 43.8 Å². The Bertz CT molecular complexity index is 2720. The Hall–Kier alpha value is -2.89. The van der Waals surface area contributed by atoms with E-state index in [1.54, 1.807) is 6.92 Å². The molecule has 5 fully saturated rings. The van der Waals surface area contributed by atoms with Gasteiger partial charge in [-0.1, -0.05) is 46.4 Å². The summed E-state index contributed by atoms with van der Waals surface area (Å²) in [6.07, 6.45) is -2.38. The molecule has 2 aromatic rings. The van der Waals surface area contributed by atoms with Gasteiger partial charge in [-0.2, -0.15) is 4.31 Å². The molecular weight excluding hydrogens is 1140 g/mol. The number of ketones is 1. The minimum Gasteiger partial charge on any atom is -0.393 e. The summed E-state index contributed by atoms with van der Waals surface area (Å²) in [5.41, 5.74) is 3.77. The SMILES string of the molecule is CC(C(=O)CC[C@@H](C)[C@H]1CC[C@H]2[C@@H]3[C@H](O)C[C@@H]4C[C@H](O)CC[C@]4(C)[C@H]3C[C@H](O)[C@]12C)C(=O)SCCNC(=O)CCNC(=O)C(O)C(C)(C)COP(=O)(O)OP(=O)(O)OC[C@H]1O[C@@H](n2cnc3c(N)ncnc32)[C@H](O)[C@@H]1OP(=O)(O)O. The predicted octanol–water partition coefficient (Wildman–Crippen LogP) is 2.25. The summed E-state index contributed by atoms with van der Waals surface area (Å²) in [6, 6.07) is 0. The molecule has 0 aromatic carbocycles. The van der Waals surface area contributed by atoms with Gasteiger partial charge in [0.15, 0.2) is 22.8 Å². The zero-order chi connectivity index (χ0) is 59.1. The first kappa shape index (κ1) is 64.7. The van der Waals surface area contributed by atoms with Crippen molar-refractivity contribution < 1.29 is 101 Å². The molecule has 2 amide bonds. The molecule has 452 valence electrons. The number of carbonyl (C=O) groups excluding carboxylic acids is 4. The molecule has 0 bridgehead atoms. The van der Waals surface area contributed by atoms with Crippen molar-refractivity contribution in [2.24, 2.45) is 57.7 Å². The zero-order valence-corrected chi connectivity index (χ0v) is 49.0. The lowest BCUT2D eigenvalue weighted by molar-refractivity contribution is -0.207. The topological polar surface area (TPSA) is 441 Å². The quantitative estimate of drug-likeness (QED) is 0.0385. The number of nitrogens with two attached hydrogens (primary N) is 1. The molecule has 7 rings (SSSR count). The maximum Gasteiger partial charge on any atom is 0.481 e. The van der Waals surface area contributed by atoms with Crippen molar-refractivity contribution in [3.63, 3.8) is 0 Å². The number of aromatic nitrogens is 4. The summed E-state index contributed by atoms with van der Waals surface area (Å²) in [7, 11) is -16.5. The molecule has 5 aliphatic rings. The molecule has 4 aliphatic carbocycles. The third kappa shape index (κ3) is 14.4. The monoisotopic (exact) mass is 1210 g/mol. The number of phosphoric ester groups is 3. The first-order valence-electron chi connectivity index (χ1n) is 26.8. The molecule has 3 heterocycles. The third-order valence-corrected chi connectivity index (χ3v) is 22.1. The number of nitrogens with zero attached hydrogens (tertiary/aromatic N) is 4. The lowest BCUT2D eigenvalue weighted by atomic mass is 9.43. The average Bonchev–Trinajstić information content (AvgIpc) is 3.66. The van der Waals surface area contributed by atoms with Crippen LogP contribution >= 0.6 is 35.2 Å². The standard InChI is InChI=1S/C48H78N7O21P3S/c1-24(28-8-9-29-36-30(19-34(59)48(28,29)6)47(5)13-11-27(56)17-26(47)18-32(36)58)7-10-31(57)25(2)45(64)80-16-15-50-35(60)12-14-51-43(63)40(62)46(3,4)21-73-79(70,71)76-78(68,69)72-20-33-39(75-77(65,66)67)38(61)44(74-33)55-23-54-37-41(49)52-22-53-42(37)55/h22-30,32-34,36,38-40,44,56,58-59,61-62H,7-21H2,1-6H3,(H,50,60)(H,51,63)(H,68,69)(H,70,71)(H2,49,52,53)(H2,65,66,67)/t24-,25?,26+,27-,28-,29+,30+,32-,33-,34+,36+,38-,39-,40?,44-,47+,48-/m1/s1. The normalized spacial score (nSPS) is 34.2. The van der Waals surface area contributed by atoms with Crippen LogP contribution in [-0.4, -0.2) is 162 Å². The predicted molar refractivity (Wildman–Crippen MR) is 284 cm³/mol. The molecule has 4 saturated carbocycles. The number of imidazole rings is 1. The van der Waals surface area contributed by atoms with Crippen LogP contribution in [-0.2, 0) is 55.5 Å². The lowest BCUT2D eigenvalue weighted by Gasteiger charge is -2.63. The van der Waals surface area contributed by atoms with Gasteiger partial charge < -0.3 is 66.2 Å². The molecule has 0 spiro atoms. The van der Waals surface area contributed by atoms with Crippen LogP contribution in [0.2, 0.25) is 0 Å². The second-order valence-corrected chi connectivity index (χ2v) is 28.8. The minimum atomic E-state index is -5.62. The van der Waals surface area contributed by atoms with Crippen LogP contribution in [0.3, 0.4) is 0 Å². The number of aliphatic hydroxyl groups is 5. The number of carbonyl (C=O) groups is 4. The van der Waals surface area contributed by atoms with Gasteiger partial charge in [-0.15, -0.1) is 0 Å². The molecule has 28 nitrogen and oxygen atoms in total.